The van der Waals surface area contributed by atoms with Crippen molar-refractivity contribution < 1.29 is 0 Å². The summed E-state index contributed by atoms with van der Waals surface area (Å²) in [4.78, 5) is 0. The van der Waals surface area contributed by atoms with E-state index in [1.807, 2.05) is 0 Å². The predicted octanol–water partition coefficient (Wildman–Crippen LogP) is 6.68. The smallest absolute Gasteiger partial charge is 0.0809 e. The third-order valence-corrected chi connectivity index (χ3v) is 12.5. The lowest BCUT2D eigenvalue weighted by atomic mass is 9.97. The van der Waals surface area contributed by atoms with E-state index in [-0.39, 0.29) is 0 Å². The molecule has 0 aliphatic heterocycles. The molecule has 2 aliphatic carbocycles. The van der Waals surface area contributed by atoms with Crippen LogP contribution in [-0.4, -0.2) is 16.1 Å². The van der Waals surface area contributed by atoms with E-state index in [4.69, 9.17) is 0 Å². The Morgan fingerprint density at radius 1 is 0.889 bits per heavy atom. The molecule has 4 rings (SSSR count). The molecule has 2 aromatic carbocycles. The predicted molar refractivity (Wildman–Crippen MR) is 126 cm³/mol. The Kier molecular flexibility index (Phi) is 4.52. The van der Waals surface area contributed by atoms with E-state index < -0.39 is 16.1 Å². The van der Waals surface area contributed by atoms with Gasteiger partial charge in [0.15, 0.2) is 0 Å². The lowest BCUT2D eigenvalue weighted by Crippen LogP contribution is -2.37. The summed E-state index contributed by atoms with van der Waals surface area (Å²) in [5.41, 5.74) is 6.29. The van der Waals surface area contributed by atoms with Crippen LogP contribution in [0.3, 0.4) is 0 Å². The fourth-order valence-corrected chi connectivity index (χ4v) is 8.83. The van der Waals surface area contributed by atoms with Crippen molar-refractivity contribution in [3.8, 4) is 11.1 Å². The number of rotatable bonds is 4. The second kappa shape index (κ2) is 6.61. The minimum Gasteiger partial charge on any atom is -0.0809 e. The van der Waals surface area contributed by atoms with Crippen LogP contribution in [0.2, 0.25) is 32.7 Å². The summed E-state index contributed by atoms with van der Waals surface area (Å²) in [6.45, 7) is 12.3. The molecule has 0 amide bonds. The van der Waals surface area contributed by atoms with Gasteiger partial charge in [-0.2, -0.15) is 0 Å². The summed E-state index contributed by atoms with van der Waals surface area (Å²) < 4.78 is 0. The molecule has 2 aliphatic rings. The Bertz CT molecular complexity index is 951. The van der Waals surface area contributed by atoms with E-state index in [1.54, 1.807) is 5.20 Å². The van der Waals surface area contributed by atoms with Gasteiger partial charge in [0.05, 0.1) is 16.1 Å². The molecule has 0 aromatic heterocycles. The van der Waals surface area contributed by atoms with Gasteiger partial charge in [0, 0.05) is 5.54 Å². The third kappa shape index (κ3) is 3.26. The highest BCUT2D eigenvalue weighted by Crippen LogP contribution is 2.44. The molecular formula is C25H30Si2. The molecule has 0 fully saturated rings. The van der Waals surface area contributed by atoms with Crippen molar-refractivity contribution in [3.05, 3.63) is 83.1 Å². The van der Waals surface area contributed by atoms with Crippen molar-refractivity contribution in [2.75, 3.05) is 0 Å². The van der Waals surface area contributed by atoms with Gasteiger partial charge in [-0.15, -0.1) is 0 Å². The Morgan fingerprint density at radius 3 is 2.26 bits per heavy atom. The van der Waals surface area contributed by atoms with Gasteiger partial charge in [-0.25, -0.2) is 0 Å². The molecule has 2 aromatic rings. The van der Waals surface area contributed by atoms with E-state index in [0.29, 0.717) is 5.54 Å². The lowest BCUT2D eigenvalue weighted by molar-refractivity contribution is 1.14. The van der Waals surface area contributed by atoms with Crippen LogP contribution in [0.1, 0.15) is 23.1 Å². The first-order valence-electron chi connectivity index (χ1n) is 10.1. The first-order valence-corrected chi connectivity index (χ1v) is 16.6. The van der Waals surface area contributed by atoms with Crippen molar-refractivity contribution in [2.45, 2.75) is 44.7 Å². The van der Waals surface area contributed by atoms with Crippen LogP contribution in [0.4, 0.5) is 0 Å². The molecule has 2 heteroatoms. The minimum atomic E-state index is -1.53. The topological polar surface area (TPSA) is 0 Å². The summed E-state index contributed by atoms with van der Waals surface area (Å²) >= 11 is 0. The summed E-state index contributed by atoms with van der Waals surface area (Å²) in [5, 5.41) is 3.20. The van der Waals surface area contributed by atoms with E-state index in [0.717, 1.165) is 6.42 Å². The second-order valence-corrected chi connectivity index (χ2v) is 19.3. The summed E-state index contributed by atoms with van der Waals surface area (Å²) in [6.07, 6.45) is 12.9. The average molecular weight is 387 g/mol. The largest absolute Gasteiger partial charge is 0.0873 e. The number of hydrogen-bond acceptors (Lipinski definition) is 0. The molecular weight excluding hydrogens is 356 g/mol. The molecule has 0 heterocycles. The Labute approximate surface area is 166 Å². The molecule has 0 spiro atoms. The maximum Gasteiger partial charge on any atom is 0.0873 e. The zero-order valence-electron chi connectivity index (χ0n) is 17.2. The van der Waals surface area contributed by atoms with Gasteiger partial charge < -0.3 is 0 Å². The van der Waals surface area contributed by atoms with Gasteiger partial charge >= 0.3 is 0 Å². The van der Waals surface area contributed by atoms with Crippen molar-refractivity contribution in [1.82, 2.24) is 0 Å². The van der Waals surface area contributed by atoms with E-state index >= 15 is 0 Å². The van der Waals surface area contributed by atoms with Gasteiger partial charge in [-0.05, 0) is 28.7 Å². The fourth-order valence-electron chi connectivity index (χ4n) is 4.49. The van der Waals surface area contributed by atoms with E-state index in [1.165, 1.54) is 27.4 Å². The lowest BCUT2D eigenvalue weighted by Gasteiger charge is -2.31. The summed E-state index contributed by atoms with van der Waals surface area (Å²) in [5.74, 6) is 0. The first-order chi connectivity index (χ1) is 12.8. The Morgan fingerprint density at radius 2 is 1.63 bits per heavy atom. The molecule has 0 radical (unpaired) electrons. The Hall–Kier alpha value is -1.91. The van der Waals surface area contributed by atoms with Crippen LogP contribution >= 0.6 is 0 Å². The quantitative estimate of drug-likeness (QED) is 0.514. The normalized spacial score (nSPS) is 18.7. The van der Waals surface area contributed by atoms with Crippen molar-refractivity contribution >= 4 is 27.4 Å². The fraction of sp³-hybridized carbons (Fsp3) is 0.280. The number of hydrogen-bond donors (Lipinski definition) is 0. The third-order valence-electron chi connectivity index (χ3n) is 6.37. The van der Waals surface area contributed by atoms with E-state index in [9.17, 15) is 0 Å². The van der Waals surface area contributed by atoms with Gasteiger partial charge in [0.2, 0.25) is 0 Å². The van der Waals surface area contributed by atoms with Crippen molar-refractivity contribution in [1.29, 1.82) is 0 Å². The van der Waals surface area contributed by atoms with Crippen LogP contribution in [0.15, 0.2) is 72.0 Å². The minimum absolute atomic E-state index is 0.583. The highest BCUT2D eigenvalue weighted by atomic mass is 28.3. The van der Waals surface area contributed by atoms with Crippen LogP contribution in [0.5, 0.6) is 0 Å². The number of allylic oxidation sites excluding steroid dienone is 5. The van der Waals surface area contributed by atoms with E-state index in [2.05, 4.69) is 106 Å². The molecule has 0 N–H and O–H groups in total. The monoisotopic (exact) mass is 386 g/mol. The van der Waals surface area contributed by atoms with Gasteiger partial charge in [0.1, 0.15) is 0 Å². The Balaban J connectivity index is 1.71. The van der Waals surface area contributed by atoms with Crippen LogP contribution in [0, 0.1) is 0 Å². The molecule has 1 atom stereocenters. The zero-order chi connectivity index (χ0) is 19.2. The number of benzene rings is 2. The number of fused-ring (bicyclic) bond motifs is 1. The molecule has 0 saturated heterocycles. The standard InChI is InChI=1S/C25H30Si2/c1-26(2,3)20-15-13-19(14-16-20)22-11-8-12-24-23(22)17-18-25(24)27(4,5)21-9-6-7-10-21/h6-9,11-18,25H,10H2,1-5H3. The molecule has 27 heavy (non-hydrogen) atoms. The molecule has 1 unspecified atom stereocenters. The SMILES string of the molecule is C[Si](C)(C)c1ccc(-c2cccc3c2C=CC3[Si](C)(C)C2=CC=CC2)cc1. The van der Waals surface area contributed by atoms with Gasteiger partial charge in [0.25, 0.3) is 0 Å². The highest BCUT2D eigenvalue weighted by Gasteiger charge is 2.38. The molecule has 0 saturated carbocycles. The van der Waals surface area contributed by atoms with Crippen LogP contribution < -0.4 is 5.19 Å². The summed E-state index contributed by atoms with van der Waals surface area (Å²) in [7, 11) is -2.78. The van der Waals surface area contributed by atoms with Gasteiger partial charge in [-0.1, -0.05) is 116 Å². The highest BCUT2D eigenvalue weighted by molar-refractivity contribution is 6.88. The first kappa shape index (κ1) is 18.5. The van der Waals surface area contributed by atoms with Crippen molar-refractivity contribution in [2.24, 2.45) is 0 Å². The summed E-state index contributed by atoms with van der Waals surface area (Å²) in [6, 6.07) is 16.3. The van der Waals surface area contributed by atoms with Crippen molar-refractivity contribution in [3.63, 3.8) is 0 Å². The second-order valence-electron chi connectivity index (χ2n) is 9.52. The molecule has 138 valence electrons. The van der Waals surface area contributed by atoms with Crippen LogP contribution in [0.25, 0.3) is 17.2 Å². The average Bonchev–Trinajstić information content (AvgIpc) is 3.31. The zero-order valence-corrected chi connectivity index (χ0v) is 19.2. The molecule has 0 bridgehead atoms. The maximum absolute atomic E-state index is 2.53. The van der Waals surface area contributed by atoms with Crippen LogP contribution in [-0.2, 0) is 0 Å². The van der Waals surface area contributed by atoms with Gasteiger partial charge in [-0.3, -0.25) is 0 Å². The molecule has 0 nitrogen and oxygen atoms in total. The maximum atomic E-state index is 2.53.